The number of ether oxygens (including phenoxy) is 4. The van der Waals surface area contributed by atoms with E-state index in [0.29, 0.717) is 49.2 Å². The Kier molecular flexibility index (Phi) is 12.4. The molecule has 2 atom stereocenters. The Morgan fingerprint density at radius 2 is 1.82 bits per heavy atom. The molecule has 216 valence electrons. The summed E-state index contributed by atoms with van der Waals surface area (Å²) in [5.41, 5.74) is 8.24. The van der Waals surface area contributed by atoms with Gasteiger partial charge in [-0.05, 0) is 48.7 Å². The maximum Gasteiger partial charge on any atom is 0.337 e. The molecule has 0 saturated carbocycles. The first-order valence-corrected chi connectivity index (χ1v) is 13.2. The largest absolute Gasteiger partial charge is 0.465 e. The van der Waals surface area contributed by atoms with Gasteiger partial charge in [-0.25, -0.2) is 4.79 Å². The van der Waals surface area contributed by atoms with E-state index in [2.05, 4.69) is 10.6 Å². The number of unbranched alkanes of at least 4 members (excludes halogenated alkanes) is 1. The number of allylic oxidation sites excluding steroid dienone is 1. The van der Waals surface area contributed by atoms with Crippen LogP contribution in [0.5, 0.6) is 0 Å². The van der Waals surface area contributed by atoms with Crippen LogP contribution in [0.2, 0.25) is 0 Å². The van der Waals surface area contributed by atoms with Gasteiger partial charge < -0.3 is 40.4 Å². The number of hydrogen-bond donors (Lipinski definition) is 4. The van der Waals surface area contributed by atoms with Crippen LogP contribution in [0.25, 0.3) is 0 Å². The van der Waals surface area contributed by atoms with Crippen molar-refractivity contribution in [2.45, 2.75) is 37.9 Å². The Balaban J connectivity index is 1.53. The number of esters is 1. The molecule has 11 nitrogen and oxygen atoms in total. The lowest BCUT2D eigenvalue weighted by atomic mass is 9.92. The molecule has 0 aliphatic carbocycles. The van der Waals surface area contributed by atoms with E-state index in [0.717, 1.165) is 5.56 Å². The van der Waals surface area contributed by atoms with Crippen LogP contribution < -0.4 is 16.4 Å². The number of benzene rings is 2. The number of aliphatic hydroxyl groups excluding tert-OH is 1. The number of aliphatic hydroxyl groups is 1. The summed E-state index contributed by atoms with van der Waals surface area (Å²) in [6, 6.07) is 14.0. The first-order valence-electron chi connectivity index (χ1n) is 13.2. The zero-order valence-corrected chi connectivity index (χ0v) is 22.6. The second-order valence-electron chi connectivity index (χ2n) is 9.09. The van der Waals surface area contributed by atoms with Gasteiger partial charge in [0, 0.05) is 25.3 Å². The summed E-state index contributed by atoms with van der Waals surface area (Å²) in [7, 11) is 1.32. The number of carbonyl (C=O) groups is 3. The van der Waals surface area contributed by atoms with Gasteiger partial charge in [-0.1, -0.05) is 24.3 Å². The van der Waals surface area contributed by atoms with Crippen LogP contribution in [0.15, 0.2) is 60.4 Å². The van der Waals surface area contributed by atoms with Gasteiger partial charge >= 0.3 is 5.97 Å². The van der Waals surface area contributed by atoms with Crippen LogP contribution >= 0.6 is 0 Å². The van der Waals surface area contributed by atoms with Crippen molar-refractivity contribution in [1.82, 2.24) is 5.32 Å². The summed E-state index contributed by atoms with van der Waals surface area (Å²) in [6.07, 6.45) is 2.96. The molecule has 2 aromatic rings. The van der Waals surface area contributed by atoms with Crippen molar-refractivity contribution < 1.29 is 38.4 Å². The second kappa shape index (κ2) is 16.2. The smallest absolute Gasteiger partial charge is 0.337 e. The highest BCUT2D eigenvalue weighted by molar-refractivity contribution is 5.94. The zero-order valence-electron chi connectivity index (χ0n) is 22.6. The quantitative estimate of drug-likeness (QED) is 0.147. The fourth-order valence-electron chi connectivity index (χ4n) is 4.06. The highest BCUT2D eigenvalue weighted by Crippen LogP contribution is 2.31. The van der Waals surface area contributed by atoms with Crippen molar-refractivity contribution in [3.05, 3.63) is 71.5 Å². The third-order valence-electron chi connectivity index (χ3n) is 6.16. The minimum Gasteiger partial charge on any atom is -0.465 e. The van der Waals surface area contributed by atoms with Crippen LogP contribution in [0.4, 0.5) is 11.4 Å². The minimum atomic E-state index is -0.692. The van der Waals surface area contributed by atoms with E-state index in [-0.39, 0.29) is 49.9 Å². The predicted molar refractivity (Wildman–Crippen MR) is 148 cm³/mol. The van der Waals surface area contributed by atoms with E-state index in [1.807, 2.05) is 12.1 Å². The number of methoxy groups -OCH3 is 1. The van der Waals surface area contributed by atoms with Crippen molar-refractivity contribution >= 4 is 29.2 Å². The van der Waals surface area contributed by atoms with Crippen molar-refractivity contribution in [2.24, 2.45) is 0 Å². The Morgan fingerprint density at radius 3 is 2.55 bits per heavy atom. The summed E-state index contributed by atoms with van der Waals surface area (Å²) in [6.45, 7) is 0.987. The number of anilines is 2. The summed E-state index contributed by atoms with van der Waals surface area (Å²) in [5.74, 6) is -1.03. The number of carbonyl (C=O) groups excluding carboxylic acids is 3. The molecule has 11 heteroatoms. The predicted octanol–water partition coefficient (Wildman–Crippen LogP) is 2.72. The number of para-hydroxylation sites is 2. The Bertz CT molecular complexity index is 1150. The van der Waals surface area contributed by atoms with Crippen LogP contribution in [-0.2, 0) is 28.5 Å². The molecule has 0 aromatic heterocycles. The maximum absolute atomic E-state index is 12.9. The standard InChI is InChI=1S/C29H37N3O8/c1-37-29(36)21-11-9-20(10-12-21)22-18-25(40-27(19-22)39-17-16-38-15-14-33)28(35)31-13-5-4-8-26(34)32-24-7-3-2-6-23(24)30/h2-3,6-7,9-12,18,22,27,33H,4-5,8,13-17,19,30H2,1H3,(H,31,35)(H,32,34)/t22-,27+/m1/s1. The lowest BCUT2D eigenvalue weighted by Crippen LogP contribution is -2.33. The number of nitrogens with one attached hydrogen (secondary N) is 2. The molecule has 5 N–H and O–H groups in total. The molecule has 1 aliphatic rings. The molecule has 40 heavy (non-hydrogen) atoms. The minimum absolute atomic E-state index is 0.0804. The molecule has 0 saturated heterocycles. The highest BCUT2D eigenvalue weighted by Gasteiger charge is 2.29. The van der Waals surface area contributed by atoms with E-state index in [4.69, 9.17) is 29.8 Å². The molecule has 0 fully saturated rings. The van der Waals surface area contributed by atoms with Crippen LogP contribution in [0, 0.1) is 0 Å². The summed E-state index contributed by atoms with van der Waals surface area (Å²) < 4.78 is 21.6. The molecule has 1 heterocycles. The number of rotatable bonds is 15. The van der Waals surface area contributed by atoms with E-state index < -0.39 is 12.3 Å². The molecule has 1 aliphatic heterocycles. The normalized spacial score (nSPS) is 16.4. The molecule has 0 radical (unpaired) electrons. The van der Waals surface area contributed by atoms with Gasteiger partial charge in [-0.15, -0.1) is 0 Å². The third kappa shape index (κ3) is 9.67. The van der Waals surface area contributed by atoms with Gasteiger partial charge in [0.25, 0.3) is 5.91 Å². The van der Waals surface area contributed by atoms with Gasteiger partial charge in [-0.3, -0.25) is 9.59 Å². The number of nitrogen functional groups attached to an aromatic ring is 1. The molecule has 2 amide bonds. The van der Waals surface area contributed by atoms with E-state index in [9.17, 15) is 14.4 Å². The van der Waals surface area contributed by atoms with Crippen molar-refractivity contribution in [3.63, 3.8) is 0 Å². The molecule has 0 bridgehead atoms. The fourth-order valence-corrected chi connectivity index (χ4v) is 4.06. The van der Waals surface area contributed by atoms with E-state index in [1.165, 1.54) is 7.11 Å². The number of hydrogen-bond acceptors (Lipinski definition) is 9. The second-order valence-corrected chi connectivity index (χ2v) is 9.09. The highest BCUT2D eigenvalue weighted by atomic mass is 16.7. The summed E-state index contributed by atoms with van der Waals surface area (Å²) >= 11 is 0. The first kappa shape index (κ1) is 30.6. The van der Waals surface area contributed by atoms with Gasteiger partial charge in [0.15, 0.2) is 5.76 Å². The average Bonchev–Trinajstić information content (AvgIpc) is 2.97. The van der Waals surface area contributed by atoms with E-state index in [1.54, 1.807) is 42.5 Å². The molecular formula is C29H37N3O8. The SMILES string of the molecule is COC(=O)c1ccc([C@@H]2C=C(C(=O)NCCCCC(=O)Nc3ccccc3N)O[C@H](OCCOCCO)C2)cc1. The lowest BCUT2D eigenvalue weighted by molar-refractivity contribution is -0.151. The zero-order chi connectivity index (χ0) is 28.7. The van der Waals surface area contributed by atoms with Gasteiger partial charge in [0.05, 0.1) is 50.5 Å². The van der Waals surface area contributed by atoms with Crippen LogP contribution in [0.3, 0.4) is 0 Å². The number of amides is 2. The monoisotopic (exact) mass is 555 g/mol. The average molecular weight is 556 g/mol. The molecule has 0 spiro atoms. The number of nitrogens with two attached hydrogens (primary N) is 1. The molecule has 3 rings (SSSR count). The first-order chi connectivity index (χ1) is 19.4. The van der Waals surface area contributed by atoms with Crippen molar-refractivity contribution in [1.29, 1.82) is 0 Å². The molecule has 2 aromatic carbocycles. The van der Waals surface area contributed by atoms with Gasteiger partial charge in [-0.2, -0.15) is 0 Å². The Hall–Kier alpha value is -3.93. The van der Waals surface area contributed by atoms with Crippen molar-refractivity contribution in [2.75, 3.05) is 51.1 Å². The van der Waals surface area contributed by atoms with Gasteiger partial charge in [0.1, 0.15) is 0 Å². The maximum atomic E-state index is 12.9. The van der Waals surface area contributed by atoms with Gasteiger partial charge in [0.2, 0.25) is 12.2 Å². The molecule has 0 unspecified atom stereocenters. The summed E-state index contributed by atoms with van der Waals surface area (Å²) in [5, 5.41) is 14.5. The van der Waals surface area contributed by atoms with E-state index >= 15 is 0 Å². The van der Waals surface area contributed by atoms with Crippen LogP contribution in [-0.4, -0.2) is 69.3 Å². The van der Waals surface area contributed by atoms with Crippen LogP contribution in [0.1, 0.15) is 47.5 Å². The topological polar surface area (TPSA) is 158 Å². The fraction of sp³-hybridized carbons (Fsp3) is 0.414. The molecular weight excluding hydrogens is 518 g/mol. The Labute approximate surface area is 233 Å². The summed E-state index contributed by atoms with van der Waals surface area (Å²) in [4.78, 5) is 36.9. The lowest BCUT2D eigenvalue weighted by Gasteiger charge is -2.29. The van der Waals surface area contributed by atoms with Crippen molar-refractivity contribution in [3.8, 4) is 0 Å². The Morgan fingerprint density at radius 1 is 1.05 bits per heavy atom. The third-order valence-corrected chi connectivity index (χ3v) is 6.16.